The van der Waals surface area contributed by atoms with E-state index < -0.39 is 15.4 Å². The third-order valence-electron chi connectivity index (χ3n) is 6.85. The largest absolute Gasteiger partial charge is 0.349 e. The van der Waals surface area contributed by atoms with E-state index in [0.717, 1.165) is 11.1 Å². The number of amides is 1. The first-order valence-corrected chi connectivity index (χ1v) is 15.0. The Morgan fingerprint density at radius 3 is 2.22 bits per heavy atom. The summed E-state index contributed by atoms with van der Waals surface area (Å²) in [5.41, 5.74) is 0.661. The highest BCUT2D eigenvalue weighted by molar-refractivity contribution is 7.88. The minimum absolute atomic E-state index is 0.145. The maximum atomic E-state index is 13.8. The molecule has 2 unspecified atom stereocenters. The van der Waals surface area contributed by atoms with Gasteiger partial charge in [0.1, 0.15) is 0 Å². The monoisotopic (exact) mass is 593 g/mol. The van der Waals surface area contributed by atoms with Crippen LogP contribution < -0.4 is 5.32 Å². The van der Waals surface area contributed by atoms with Gasteiger partial charge in [0.25, 0.3) is 0 Å². The summed E-state index contributed by atoms with van der Waals surface area (Å²) in [5.74, 6) is -0.165. The van der Waals surface area contributed by atoms with Gasteiger partial charge in [-0.25, -0.2) is 8.42 Å². The Balaban J connectivity index is 1.81. The molecule has 1 aliphatic rings. The van der Waals surface area contributed by atoms with Crippen molar-refractivity contribution in [2.45, 2.75) is 44.7 Å². The molecule has 0 saturated carbocycles. The van der Waals surface area contributed by atoms with Crippen molar-refractivity contribution in [1.82, 2.24) is 14.5 Å². The Bertz CT molecular complexity index is 1230. The van der Waals surface area contributed by atoms with Crippen LogP contribution in [0, 0.1) is 0 Å². The molecule has 3 atom stereocenters. The average molecular weight is 595 g/mol. The second-order valence-corrected chi connectivity index (χ2v) is 13.2. The van der Waals surface area contributed by atoms with Crippen LogP contribution in [0.15, 0.2) is 36.4 Å². The van der Waals surface area contributed by atoms with E-state index in [0.29, 0.717) is 52.7 Å². The molecule has 1 amide bonds. The van der Waals surface area contributed by atoms with Gasteiger partial charge in [-0.2, -0.15) is 4.31 Å². The topological polar surface area (TPSA) is 69.7 Å². The maximum Gasteiger partial charge on any atom is 0.230 e. The Morgan fingerprint density at radius 2 is 1.67 bits per heavy atom. The van der Waals surface area contributed by atoms with E-state index in [4.69, 9.17) is 46.4 Å². The molecule has 3 rings (SSSR count). The molecular formula is C25H31Cl4N3O3S. The van der Waals surface area contributed by atoms with Crippen molar-refractivity contribution in [2.24, 2.45) is 0 Å². The zero-order valence-electron chi connectivity index (χ0n) is 20.7. The van der Waals surface area contributed by atoms with E-state index in [9.17, 15) is 13.2 Å². The number of halogens is 4. The van der Waals surface area contributed by atoms with E-state index in [1.807, 2.05) is 32.9 Å². The first kappa shape index (κ1) is 29.5. The van der Waals surface area contributed by atoms with Gasteiger partial charge >= 0.3 is 0 Å². The number of carbonyl (C=O) groups is 1. The minimum atomic E-state index is -3.26. The maximum absolute atomic E-state index is 13.8. The van der Waals surface area contributed by atoms with Gasteiger partial charge in [-0.1, -0.05) is 58.5 Å². The molecule has 0 spiro atoms. The normalized spacial score (nSPS) is 20.1. The van der Waals surface area contributed by atoms with Crippen molar-refractivity contribution in [3.63, 3.8) is 0 Å². The van der Waals surface area contributed by atoms with Gasteiger partial charge in [-0.3, -0.25) is 4.79 Å². The minimum Gasteiger partial charge on any atom is -0.349 e. The third kappa shape index (κ3) is 6.87. The van der Waals surface area contributed by atoms with Crippen molar-refractivity contribution >= 4 is 62.3 Å². The quantitative estimate of drug-likeness (QED) is 0.420. The van der Waals surface area contributed by atoms with Crippen LogP contribution in [-0.4, -0.2) is 62.0 Å². The van der Waals surface area contributed by atoms with Crippen LogP contribution in [-0.2, 0) is 20.2 Å². The molecule has 198 valence electrons. The second kappa shape index (κ2) is 11.8. The number of rotatable bonds is 8. The Labute approximate surface area is 233 Å². The van der Waals surface area contributed by atoms with Crippen LogP contribution in [0.3, 0.4) is 0 Å². The molecule has 2 aromatic carbocycles. The fraction of sp³-hybridized carbons (Fsp3) is 0.480. The van der Waals surface area contributed by atoms with E-state index in [1.165, 1.54) is 10.6 Å². The van der Waals surface area contributed by atoms with Gasteiger partial charge in [-0.05, 0) is 69.1 Å². The molecule has 36 heavy (non-hydrogen) atoms. The lowest BCUT2D eigenvalue weighted by Gasteiger charge is -2.40. The highest BCUT2D eigenvalue weighted by atomic mass is 35.5. The van der Waals surface area contributed by atoms with E-state index in [-0.39, 0.29) is 18.0 Å². The lowest BCUT2D eigenvalue weighted by atomic mass is 9.78. The number of benzene rings is 2. The van der Waals surface area contributed by atoms with Crippen LogP contribution in [0.5, 0.6) is 0 Å². The molecule has 2 aromatic rings. The predicted octanol–water partition coefficient (Wildman–Crippen LogP) is 5.79. The van der Waals surface area contributed by atoms with Crippen molar-refractivity contribution < 1.29 is 13.2 Å². The van der Waals surface area contributed by atoms with Gasteiger partial charge in [0.15, 0.2) is 0 Å². The van der Waals surface area contributed by atoms with Gasteiger partial charge in [-0.15, -0.1) is 0 Å². The highest BCUT2D eigenvalue weighted by Gasteiger charge is 2.38. The van der Waals surface area contributed by atoms with Crippen LogP contribution in [0.25, 0.3) is 0 Å². The zero-order valence-corrected chi connectivity index (χ0v) is 24.5. The second-order valence-electron chi connectivity index (χ2n) is 9.60. The fourth-order valence-electron chi connectivity index (χ4n) is 4.54. The predicted molar refractivity (Wildman–Crippen MR) is 149 cm³/mol. The summed E-state index contributed by atoms with van der Waals surface area (Å²) in [7, 11) is -3.26. The van der Waals surface area contributed by atoms with Crippen LogP contribution in [0.2, 0.25) is 20.1 Å². The summed E-state index contributed by atoms with van der Waals surface area (Å²) < 4.78 is 25.6. The molecule has 0 aliphatic carbocycles. The smallest absolute Gasteiger partial charge is 0.230 e. The highest BCUT2D eigenvalue weighted by Crippen LogP contribution is 2.34. The standard InChI is InChI=1S/C25H31Cl4N3O3S/c1-16-15-31(11-12-32(16)36(4,34)35)10-9-25(3,19-6-8-21(27)23(29)14-19)24(33)30-17(2)18-5-7-20(26)22(28)13-18/h5-8,13-14,16-17H,9-12,15H2,1-4H3,(H,30,33)/t16-,17?,25?/m1/s1. The van der Waals surface area contributed by atoms with Crippen LogP contribution in [0.4, 0.5) is 0 Å². The molecular weight excluding hydrogens is 564 g/mol. The van der Waals surface area contributed by atoms with Crippen LogP contribution in [0.1, 0.15) is 44.4 Å². The van der Waals surface area contributed by atoms with Crippen LogP contribution >= 0.6 is 46.4 Å². The molecule has 1 heterocycles. The van der Waals surface area contributed by atoms with Gasteiger partial charge < -0.3 is 10.2 Å². The molecule has 1 N–H and O–H groups in total. The van der Waals surface area contributed by atoms with Crippen molar-refractivity contribution in [3.8, 4) is 0 Å². The van der Waals surface area contributed by atoms with E-state index in [2.05, 4.69) is 10.2 Å². The molecule has 1 saturated heterocycles. The summed E-state index contributed by atoms with van der Waals surface area (Å²) >= 11 is 24.7. The zero-order chi connectivity index (χ0) is 26.8. The number of piperazine rings is 1. The Hall–Kier alpha value is -1.06. The first-order chi connectivity index (χ1) is 16.7. The molecule has 0 bridgehead atoms. The molecule has 11 heteroatoms. The lowest BCUT2D eigenvalue weighted by molar-refractivity contribution is -0.127. The van der Waals surface area contributed by atoms with Gasteiger partial charge in [0.05, 0.1) is 37.8 Å². The number of nitrogens with zero attached hydrogens (tertiary/aromatic N) is 2. The van der Waals surface area contributed by atoms with E-state index in [1.54, 1.807) is 24.3 Å². The van der Waals surface area contributed by atoms with Crippen molar-refractivity contribution in [2.75, 3.05) is 32.4 Å². The van der Waals surface area contributed by atoms with Gasteiger partial charge in [0.2, 0.25) is 15.9 Å². The molecule has 1 fully saturated rings. The SMILES string of the molecule is CC(NC(=O)C(C)(CCN1CCN(S(C)(=O)=O)[C@H](C)C1)c1ccc(Cl)c(Cl)c1)c1ccc(Cl)c(Cl)c1. The first-order valence-electron chi connectivity index (χ1n) is 11.6. The lowest BCUT2D eigenvalue weighted by Crippen LogP contribution is -2.54. The van der Waals surface area contributed by atoms with E-state index >= 15 is 0 Å². The summed E-state index contributed by atoms with van der Waals surface area (Å²) in [4.78, 5) is 16.0. The number of carbonyl (C=O) groups excluding carboxylic acids is 1. The Morgan fingerprint density at radius 1 is 1.06 bits per heavy atom. The van der Waals surface area contributed by atoms with Crippen molar-refractivity contribution in [1.29, 1.82) is 0 Å². The molecule has 0 aromatic heterocycles. The number of hydrogen-bond acceptors (Lipinski definition) is 4. The number of sulfonamides is 1. The van der Waals surface area contributed by atoms with Gasteiger partial charge in [0, 0.05) is 25.7 Å². The summed E-state index contributed by atoms with van der Waals surface area (Å²) in [6, 6.07) is 10.1. The summed E-state index contributed by atoms with van der Waals surface area (Å²) in [6.45, 7) is 7.88. The molecule has 6 nitrogen and oxygen atoms in total. The molecule has 1 aliphatic heterocycles. The Kier molecular flexibility index (Phi) is 9.64. The number of nitrogens with one attached hydrogen (secondary N) is 1. The third-order valence-corrected chi connectivity index (χ3v) is 9.73. The van der Waals surface area contributed by atoms with Crippen molar-refractivity contribution in [3.05, 3.63) is 67.6 Å². The average Bonchev–Trinajstić information content (AvgIpc) is 2.80. The summed E-state index contributed by atoms with van der Waals surface area (Å²) in [5, 5.41) is 4.78. The molecule has 0 radical (unpaired) electrons. The number of hydrogen-bond donors (Lipinski definition) is 1. The fourth-order valence-corrected chi connectivity index (χ4v) is 6.28. The summed E-state index contributed by atoms with van der Waals surface area (Å²) in [6.07, 6.45) is 1.73.